The zero-order valence-corrected chi connectivity index (χ0v) is 10.5. The molecule has 0 fully saturated rings. The maximum absolute atomic E-state index is 11.5. The average molecular weight is 236 g/mol. The van der Waals surface area contributed by atoms with E-state index in [9.17, 15) is 4.79 Å². The van der Waals surface area contributed by atoms with Crippen molar-refractivity contribution < 1.29 is 9.53 Å². The first kappa shape index (κ1) is 13.5. The first-order valence-electron chi connectivity index (χ1n) is 5.83. The third-order valence-electron chi connectivity index (χ3n) is 2.62. The lowest BCUT2D eigenvalue weighted by Gasteiger charge is -2.14. The molecule has 0 bridgehead atoms. The standard InChI is InChI=1S/C13H20N2O2/c1-3-15(2)13(16)10-17-12-6-4-11(5-7-12)8-9-14/h4-7H,3,8-10,14H2,1-2H3. The van der Waals surface area contributed by atoms with Crippen LogP contribution in [-0.2, 0) is 11.2 Å². The van der Waals surface area contributed by atoms with Crippen LogP contribution in [0.4, 0.5) is 0 Å². The van der Waals surface area contributed by atoms with Crippen molar-refractivity contribution in [3.8, 4) is 5.75 Å². The molecule has 4 heteroatoms. The van der Waals surface area contributed by atoms with Gasteiger partial charge >= 0.3 is 0 Å². The molecule has 0 aromatic heterocycles. The van der Waals surface area contributed by atoms with E-state index >= 15 is 0 Å². The van der Waals surface area contributed by atoms with Gasteiger partial charge < -0.3 is 15.4 Å². The molecule has 4 nitrogen and oxygen atoms in total. The summed E-state index contributed by atoms with van der Waals surface area (Å²) in [6, 6.07) is 7.67. The van der Waals surface area contributed by atoms with Gasteiger partial charge in [0.15, 0.2) is 6.61 Å². The van der Waals surface area contributed by atoms with Crippen LogP contribution >= 0.6 is 0 Å². The van der Waals surface area contributed by atoms with E-state index in [2.05, 4.69) is 0 Å². The quantitative estimate of drug-likeness (QED) is 0.803. The first-order chi connectivity index (χ1) is 8.17. The molecule has 0 aliphatic heterocycles. The number of carbonyl (C=O) groups is 1. The summed E-state index contributed by atoms with van der Waals surface area (Å²) in [6.07, 6.45) is 0.859. The Balaban J connectivity index is 2.44. The van der Waals surface area contributed by atoms with Crippen molar-refractivity contribution in [1.82, 2.24) is 4.90 Å². The smallest absolute Gasteiger partial charge is 0.260 e. The molecular formula is C13H20N2O2. The van der Waals surface area contributed by atoms with E-state index in [0.29, 0.717) is 18.8 Å². The van der Waals surface area contributed by atoms with Gasteiger partial charge in [-0.25, -0.2) is 0 Å². The van der Waals surface area contributed by atoms with Crippen LogP contribution in [0.2, 0.25) is 0 Å². The second kappa shape index (κ2) is 6.91. The number of hydrogen-bond donors (Lipinski definition) is 1. The number of likely N-dealkylation sites (N-methyl/N-ethyl adjacent to an activating group) is 1. The Kier molecular flexibility index (Phi) is 5.49. The summed E-state index contributed by atoms with van der Waals surface area (Å²) < 4.78 is 5.40. The number of benzene rings is 1. The molecule has 0 aliphatic rings. The highest BCUT2D eigenvalue weighted by molar-refractivity contribution is 5.77. The van der Waals surface area contributed by atoms with Crippen molar-refractivity contribution in [3.05, 3.63) is 29.8 Å². The highest BCUT2D eigenvalue weighted by Gasteiger charge is 2.06. The molecule has 1 aromatic rings. The van der Waals surface area contributed by atoms with Gasteiger partial charge in [0.05, 0.1) is 0 Å². The molecule has 0 radical (unpaired) electrons. The fourth-order valence-electron chi connectivity index (χ4n) is 1.35. The summed E-state index contributed by atoms with van der Waals surface area (Å²) in [6.45, 7) is 3.34. The van der Waals surface area contributed by atoms with Gasteiger partial charge in [0.25, 0.3) is 5.91 Å². The SMILES string of the molecule is CCN(C)C(=O)COc1ccc(CCN)cc1. The van der Waals surface area contributed by atoms with Gasteiger partial charge in [-0.2, -0.15) is 0 Å². The Morgan fingerprint density at radius 2 is 2.00 bits per heavy atom. The van der Waals surface area contributed by atoms with E-state index in [0.717, 1.165) is 6.42 Å². The Hall–Kier alpha value is -1.55. The maximum atomic E-state index is 11.5. The normalized spacial score (nSPS) is 10.1. The van der Waals surface area contributed by atoms with E-state index in [1.165, 1.54) is 5.56 Å². The van der Waals surface area contributed by atoms with E-state index in [1.807, 2.05) is 31.2 Å². The Morgan fingerprint density at radius 1 is 1.35 bits per heavy atom. The van der Waals surface area contributed by atoms with Gasteiger partial charge in [-0.1, -0.05) is 12.1 Å². The van der Waals surface area contributed by atoms with Gasteiger partial charge in [0.1, 0.15) is 5.75 Å². The summed E-state index contributed by atoms with van der Waals surface area (Å²) in [5.74, 6) is 0.696. The fraction of sp³-hybridized carbons (Fsp3) is 0.462. The summed E-state index contributed by atoms with van der Waals surface area (Å²) in [5.41, 5.74) is 6.64. The lowest BCUT2D eigenvalue weighted by Crippen LogP contribution is -2.31. The Bertz CT molecular complexity index is 349. The second-order valence-corrected chi connectivity index (χ2v) is 3.88. The topological polar surface area (TPSA) is 55.6 Å². The van der Waals surface area contributed by atoms with Crippen LogP contribution in [0.25, 0.3) is 0 Å². The van der Waals surface area contributed by atoms with Gasteiger partial charge in [-0.3, -0.25) is 4.79 Å². The number of rotatable bonds is 6. The summed E-state index contributed by atoms with van der Waals surface area (Å²) >= 11 is 0. The zero-order chi connectivity index (χ0) is 12.7. The van der Waals surface area contributed by atoms with Crippen molar-refractivity contribution in [2.24, 2.45) is 5.73 Å². The summed E-state index contributed by atoms with van der Waals surface area (Å²) in [5, 5.41) is 0. The lowest BCUT2D eigenvalue weighted by molar-refractivity contribution is -0.131. The molecule has 0 aliphatic carbocycles. The lowest BCUT2D eigenvalue weighted by atomic mass is 10.1. The van der Waals surface area contributed by atoms with E-state index in [-0.39, 0.29) is 12.5 Å². The molecule has 17 heavy (non-hydrogen) atoms. The van der Waals surface area contributed by atoms with Gasteiger partial charge in [-0.05, 0) is 37.6 Å². The fourth-order valence-corrected chi connectivity index (χ4v) is 1.35. The predicted molar refractivity (Wildman–Crippen MR) is 68.0 cm³/mol. The highest BCUT2D eigenvalue weighted by atomic mass is 16.5. The molecule has 1 rings (SSSR count). The molecule has 0 unspecified atom stereocenters. The number of hydrogen-bond acceptors (Lipinski definition) is 3. The third-order valence-corrected chi connectivity index (χ3v) is 2.62. The van der Waals surface area contributed by atoms with Gasteiger partial charge in [0.2, 0.25) is 0 Å². The molecule has 2 N–H and O–H groups in total. The van der Waals surface area contributed by atoms with Crippen molar-refractivity contribution >= 4 is 5.91 Å². The summed E-state index contributed by atoms with van der Waals surface area (Å²) in [4.78, 5) is 13.1. The molecule has 0 spiro atoms. The number of nitrogens with two attached hydrogens (primary N) is 1. The number of amides is 1. The van der Waals surface area contributed by atoms with Crippen molar-refractivity contribution in [2.45, 2.75) is 13.3 Å². The minimum atomic E-state index is -0.0152. The van der Waals surface area contributed by atoms with Crippen molar-refractivity contribution in [1.29, 1.82) is 0 Å². The number of ether oxygens (including phenoxy) is 1. The van der Waals surface area contributed by atoms with Crippen molar-refractivity contribution in [3.63, 3.8) is 0 Å². The highest BCUT2D eigenvalue weighted by Crippen LogP contribution is 2.12. The van der Waals surface area contributed by atoms with Crippen molar-refractivity contribution in [2.75, 3.05) is 26.7 Å². The van der Waals surface area contributed by atoms with Crippen LogP contribution in [0.3, 0.4) is 0 Å². The maximum Gasteiger partial charge on any atom is 0.260 e. The number of carbonyl (C=O) groups excluding carboxylic acids is 1. The summed E-state index contributed by atoms with van der Waals surface area (Å²) in [7, 11) is 1.76. The minimum absolute atomic E-state index is 0.0152. The van der Waals surface area contributed by atoms with E-state index in [1.54, 1.807) is 11.9 Å². The van der Waals surface area contributed by atoms with Crippen LogP contribution < -0.4 is 10.5 Å². The van der Waals surface area contributed by atoms with E-state index < -0.39 is 0 Å². The molecular weight excluding hydrogens is 216 g/mol. The monoisotopic (exact) mass is 236 g/mol. The average Bonchev–Trinajstić information content (AvgIpc) is 2.37. The largest absolute Gasteiger partial charge is 0.484 e. The minimum Gasteiger partial charge on any atom is -0.484 e. The van der Waals surface area contributed by atoms with Crippen LogP contribution in [-0.4, -0.2) is 37.6 Å². The number of nitrogens with zero attached hydrogens (tertiary/aromatic N) is 1. The predicted octanol–water partition coefficient (Wildman–Crippen LogP) is 1.04. The first-order valence-corrected chi connectivity index (χ1v) is 5.83. The molecule has 0 atom stereocenters. The van der Waals surface area contributed by atoms with Gasteiger partial charge in [0, 0.05) is 13.6 Å². The van der Waals surface area contributed by atoms with Crippen LogP contribution in [0, 0.1) is 0 Å². The Labute approximate surface area is 102 Å². The zero-order valence-electron chi connectivity index (χ0n) is 10.5. The van der Waals surface area contributed by atoms with Crippen LogP contribution in [0.5, 0.6) is 5.75 Å². The van der Waals surface area contributed by atoms with Gasteiger partial charge in [-0.15, -0.1) is 0 Å². The second-order valence-electron chi connectivity index (χ2n) is 3.88. The Morgan fingerprint density at radius 3 is 2.53 bits per heavy atom. The molecule has 0 saturated carbocycles. The molecule has 0 saturated heterocycles. The molecule has 0 heterocycles. The van der Waals surface area contributed by atoms with Crippen LogP contribution in [0.15, 0.2) is 24.3 Å². The van der Waals surface area contributed by atoms with Crippen LogP contribution in [0.1, 0.15) is 12.5 Å². The molecule has 94 valence electrons. The molecule has 1 amide bonds. The third kappa shape index (κ3) is 4.44. The van der Waals surface area contributed by atoms with E-state index in [4.69, 9.17) is 10.5 Å². The molecule has 1 aromatic carbocycles.